The number of imide groups is 1. The van der Waals surface area contributed by atoms with Crippen LogP contribution in [-0.4, -0.2) is 45.5 Å². The van der Waals surface area contributed by atoms with Gasteiger partial charge in [-0.25, -0.2) is 4.79 Å². The maximum absolute atomic E-state index is 12.8. The van der Waals surface area contributed by atoms with Crippen LogP contribution in [0.4, 0.5) is 0 Å². The lowest BCUT2D eigenvalue weighted by atomic mass is 10.1. The predicted octanol–water partition coefficient (Wildman–Crippen LogP) is 1.36. The number of amides is 2. The molecule has 0 saturated carbocycles. The van der Waals surface area contributed by atoms with Crippen LogP contribution in [-0.2, 0) is 16.6 Å². The van der Waals surface area contributed by atoms with E-state index in [1.165, 1.54) is 9.13 Å². The predicted molar refractivity (Wildman–Crippen MR) is 110 cm³/mol. The lowest BCUT2D eigenvalue weighted by Gasteiger charge is -2.25. The number of nitrogens with zero attached hydrogens (tertiary/aromatic N) is 3. The lowest BCUT2D eigenvalue weighted by molar-refractivity contribution is -0.135. The molecule has 2 aliphatic heterocycles. The second-order valence-electron chi connectivity index (χ2n) is 7.64. The van der Waals surface area contributed by atoms with E-state index in [4.69, 9.17) is 0 Å². The van der Waals surface area contributed by atoms with Crippen molar-refractivity contribution in [2.75, 3.05) is 19.6 Å². The number of likely N-dealkylation sites (tertiary alicyclic amines) is 1. The van der Waals surface area contributed by atoms with Crippen LogP contribution >= 0.6 is 0 Å². The number of imidazole rings is 1. The largest absolute Gasteiger partial charge is 0.329 e. The van der Waals surface area contributed by atoms with E-state index in [2.05, 4.69) is 28.5 Å². The first-order valence-electron chi connectivity index (χ1n) is 10.1. The number of piperidine rings is 2. The molecular weight excluding hydrogens is 368 g/mol. The zero-order chi connectivity index (χ0) is 20.4. The number of fused-ring (bicyclic) bond motifs is 1. The van der Waals surface area contributed by atoms with Crippen LogP contribution in [0.5, 0.6) is 0 Å². The summed E-state index contributed by atoms with van der Waals surface area (Å²) in [5.74, 6) is 5.71. The van der Waals surface area contributed by atoms with Gasteiger partial charge in [0.05, 0.1) is 11.0 Å². The third-order valence-corrected chi connectivity index (χ3v) is 5.70. The minimum absolute atomic E-state index is 0.234. The Morgan fingerprint density at radius 3 is 2.69 bits per heavy atom. The zero-order valence-corrected chi connectivity index (χ0v) is 16.6. The topological polar surface area (TPSA) is 76.3 Å². The van der Waals surface area contributed by atoms with Crippen molar-refractivity contribution in [3.05, 3.63) is 40.7 Å². The quantitative estimate of drug-likeness (QED) is 0.631. The molecule has 1 aromatic heterocycles. The number of aryl methyl sites for hydroxylation is 1. The molecule has 2 amide bonds. The first kappa shape index (κ1) is 19.5. The summed E-state index contributed by atoms with van der Waals surface area (Å²) in [5.41, 5.74) is 2.00. The van der Waals surface area contributed by atoms with Crippen LogP contribution in [0.3, 0.4) is 0 Å². The molecule has 7 heteroatoms. The molecule has 2 fully saturated rings. The van der Waals surface area contributed by atoms with Crippen molar-refractivity contribution in [2.45, 2.75) is 38.1 Å². The van der Waals surface area contributed by atoms with E-state index in [1.54, 1.807) is 7.05 Å². The van der Waals surface area contributed by atoms with E-state index in [9.17, 15) is 14.4 Å². The van der Waals surface area contributed by atoms with Crippen molar-refractivity contribution >= 4 is 22.8 Å². The molecular formula is C22H25N4O3. The van der Waals surface area contributed by atoms with E-state index in [0.717, 1.165) is 50.0 Å². The van der Waals surface area contributed by atoms with Gasteiger partial charge >= 0.3 is 5.69 Å². The molecule has 29 heavy (non-hydrogen) atoms. The number of rotatable bonds is 3. The summed E-state index contributed by atoms with van der Waals surface area (Å²) in [6.45, 7) is 3.21. The van der Waals surface area contributed by atoms with Gasteiger partial charge in [0.25, 0.3) is 0 Å². The number of nitrogens with one attached hydrogen (secondary N) is 1. The minimum atomic E-state index is -0.664. The number of carbonyl (C=O) groups excluding carboxylic acids is 2. The Bertz CT molecular complexity index is 1060. The highest BCUT2D eigenvalue weighted by molar-refractivity contribution is 6.00. The van der Waals surface area contributed by atoms with Gasteiger partial charge in [-0.15, -0.1) is 0 Å². The van der Waals surface area contributed by atoms with E-state index < -0.39 is 11.9 Å². The molecule has 3 heterocycles. The average Bonchev–Trinajstić information content (AvgIpc) is 2.97. The van der Waals surface area contributed by atoms with Crippen molar-refractivity contribution in [2.24, 2.45) is 7.05 Å². The monoisotopic (exact) mass is 393 g/mol. The lowest BCUT2D eigenvalue weighted by Crippen LogP contribution is -2.44. The SMILES string of the molecule is Cn1c(=O)n(C2CCC(=O)NC2=O)c2ccc(C#CCCN3CC[CH]CC3)cc21. The van der Waals surface area contributed by atoms with Crippen molar-refractivity contribution in [3.63, 3.8) is 0 Å². The minimum Gasteiger partial charge on any atom is -0.302 e. The van der Waals surface area contributed by atoms with Crippen molar-refractivity contribution in [3.8, 4) is 11.8 Å². The first-order chi connectivity index (χ1) is 14.0. The second-order valence-corrected chi connectivity index (χ2v) is 7.64. The Morgan fingerprint density at radius 2 is 1.93 bits per heavy atom. The van der Waals surface area contributed by atoms with Gasteiger partial charge in [-0.2, -0.15) is 0 Å². The molecule has 1 aromatic carbocycles. The Kier molecular flexibility index (Phi) is 5.54. The van der Waals surface area contributed by atoms with E-state index in [-0.39, 0.29) is 18.0 Å². The maximum atomic E-state index is 12.8. The zero-order valence-electron chi connectivity index (χ0n) is 16.6. The Morgan fingerprint density at radius 1 is 1.14 bits per heavy atom. The van der Waals surface area contributed by atoms with Gasteiger partial charge in [-0.1, -0.05) is 11.8 Å². The van der Waals surface area contributed by atoms with Gasteiger partial charge < -0.3 is 4.90 Å². The number of carbonyl (C=O) groups is 2. The number of hydrogen-bond acceptors (Lipinski definition) is 4. The van der Waals surface area contributed by atoms with Crippen LogP contribution in [0.15, 0.2) is 23.0 Å². The summed E-state index contributed by atoms with van der Waals surface area (Å²) >= 11 is 0. The average molecular weight is 393 g/mol. The summed E-state index contributed by atoms with van der Waals surface area (Å²) < 4.78 is 3.02. The molecule has 0 bridgehead atoms. The van der Waals surface area contributed by atoms with Crippen LogP contribution in [0.25, 0.3) is 11.0 Å². The van der Waals surface area contributed by atoms with Crippen LogP contribution in [0, 0.1) is 18.3 Å². The summed E-state index contributed by atoms with van der Waals surface area (Å²) in [5, 5.41) is 2.33. The number of hydrogen-bond donors (Lipinski definition) is 1. The second kappa shape index (κ2) is 8.26. The molecule has 7 nitrogen and oxygen atoms in total. The highest BCUT2D eigenvalue weighted by Crippen LogP contribution is 2.23. The molecule has 1 radical (unpaired) electrons. The fourth-order valence-corrected chi connectivity index (χ4v) is 4.08. The van der Waals surface area contributed by atoms with Gasteiger partial charge in [0, 0.05) is 32.0 Å². The molecule has 0 aliphatic carbocycles. The third kappa shape index (κ3) is 3.99. The molecule has 1 atom stereocenters. The highest BCUT2D eigenvalue weighted by atomic mass is 16.2. The van der Waals surface area contributed by atoms with Gasteiger partial charge in [-0.05, 0) is 57.0 Å². The summed E-state index contributed by atoms with van der Waals surface area (Å²) in [6.07, 6.45) is 6.03. The fourth-order valence-electron chi connectivity index (χ4n) is 4.08. The van der Waals surface area contributed by atoms with Gasteiger partial charge in [0.15, 0.2) is 0 Å². The van der Waals surface area contributed by atoms with Crippen molar-refractivity contribution in [1.82, 2.24) is 19.4 Å². The third-order valence-electron chi connectivity index (χ3n) is 5.70. The van der Waals surface area contributed by atoms with Crippen LogP contribution in [0.1, 0.15) is 43.7 Å². The van der Waals surface area contributed by atoms with Gasteiger partial charge in [0.2, 0.25) is 11.8 Å². The van der Waals surface area contributed by atoms with E-state index >= 15 is 0 Å². The standard InChI is InChI=1S/C22H25N4O3/c1-24-19-15-16(7-3-6-14-25-12-4-2-5-13-25)8-9-17(19)26(22(24)29)18-10-11-20(27)23-21(18)28/h2,8-9,15,18H,4-6,10-14H2,1H3,(H,23,27,28). The Labute approximate surface area is 169 Å². The summed E-state index contributed by atoms with van der Waals surface area (Å²) in [7, 11) is 1.69. The van der Waals surface area contributed by atoms with Crippen molar-refractivity contribution in [1.29, 1.82) is 0 Å². The molecule has 4 rings (SSSR count). The first-order valence-corrected chi connectivity index (χ1v) is 10.1. The smallest absolute Gasteiger partial charge is 0.302 e. The molecule has 1 unspecified atom stereocenters. The van der Waals surface area contributed by atoms with E-state index in [0.29, 0.717) is 11.9 Å². The highest BCUT2D eigenvalue weighted by Gasteiger charge is 2.31. The number of benzene rings is 1. The molecule has 1 N–H and O–H groups in total. The maximum Gasteiger partial charge on any atom is 0.329 e. The van der Waals surface area contributed by atoms with Crippen LogP contribution < -0.4 is 11.0 Å². The Hall–Kier alpha value is -2.85. The van der Waals surface area contributed by atoms with Gasteiger partial charge in [0.1, 0.15) is 6.04 Å². The molecule has 2 aliphatic rings. The van der Waals surface area contributed by atoms with Crippen LogP contribution in [0.2, 0.25) is 0 Å². The molecule has 2 saturated heterocycles. The summed E-state index contributed by atoms with van der Waals surface area (Å²) in [6, 6.07) is 4.95. The summed E-state index contributed by atoms with van der Waals surface area (Å²) in [4.78, 5) is 38.9. The normalized spacial score (nSPS) is 20.4. The van der Waals surface area contributed by atoms with Crippen molar-refractivity contribution < 1.29 is 9.59 Å². The van der Waals surface area contributed by atoms with Gasteiger partial charge in [-0.3, -0.25) is 24.0 Å². The molecule has 151 valence electrons. The molecule has 0 spiro atoms. The fraction of sp³-hybridized carbons (Fsp3) is 0.455. The number of aromatic nitrogens is 2. The van der Waals surface area contributed by atoms with E-state index in [1.807, 2.05) is 18.2 Å². The Balaban J connectivity index is 1.55. The molecule has 2 aromatic rings.